The molecule has 0 saturated carbocycles. The van der Waals surface area contributed by atoms with Crippen LogP contribution >= 0.6 is 11.6 Å². The van der Waals surface area contributed by atoms with Gasteiger partial charge in [-0.25, -0.2) is 0 Å². The number of ether oxygens (including phenoxy) is 1. The SMILES string of the molecule is CCCNCc1c(Cl)cccc1OCc1cncc(C)c1. The summed E-state index contributed by atoms with van der Waals surface area (Å²) in [4.78, 5) is 4.18. The third-order valence-corrected chi connectivity index (χ3v) is 3.48. The standard InChI is InChI=1S/C17H21ClN2O/c1-3-7-19-11-15-16(18)5-4-6-17(15)21-12-14-8-13(2)9-20-10-14/h4-6,8-10,19H,3,7,11-12H2,1-2H3. The zero-order valence-corrected chi connectivity index (χ0v) is 13.3. The van der Waals surface area contributed by atoms with E-state index in [2.05, 4.69) is 23.3 Å². The zero-order chi connectivity index (χ0) is 15.1. The summed E-state index contributed by atoms with van der Waals surface area (Å²) in [5, 5.41) is 4.10. The summed E-state index contributed by atoms with van der Waals surface area (Å²) in [7, 11) is 0. The molecule has 0 aliphatic rings. The van der Waals surface area contributed by atoms with E-state index >= 15 is 0 Å². The van der Waals surface area contributed by atoms with Crippen LogP contribution in [0.3, 0.4) is 0 Å². The largest absolute Gasteiger partial charge is 0.488 e. The molecule has 2 aromatic rings. The van der Waals surface area contributed by atoms with Crippen molar-refractivity contribution in [2.75, 3.05) is 6.54 Å². The van der Waals surface area contributed by atoms with Gasteiger partial charge in [-0.05, 0) is 43.7 Å². The van der Waals surface area contributed by atoms with Crippen LogP contribution in [-0.4, -0.2) is 11.5 Å². The van der Waals surface area contributed by atoms with E-state index in [0.717, 1.165) is 47.0 Å². The fraction of sp³-hybridized carbons (Fsp3) is 0.353. The van der Waals surface area contributed by atoms with E-state index in [1.807, 2.05) is 37.5 Å². The first-order chi connectivity index (χ1) is 10.2. The van der Waals surface area contributed by atoms with Crippen LogP contribution in [0.1, 0.15) is 30.0 Å². The van der Waals surface area contributed by atoms with Gasteiger partial charge in [-0.3, -0.25) is 4.98 Å². The molecule has 0 saturated heterocycles. The first-order valence-corrected chi connectivity index (χ1v) is 7.60. The molecule has 0 fully saturated rings. The molecule has 0 unspecified atom stereocenters. The lowest BCUT2D eigenvalue weighted by Gasteiger charge is -2.13. The summed E-state index contributed by atoms with van der Waals surface area (Å²) in [5.74, 6) is 0.826. The van der Waals surface area contributed by atoms with Gasteiger partial charge in [0, 0.05) is 35.1 Å². The highest BCUT2D eigenvalue weighted by Crippen LogP contribution is 2.27. The van der Waals surface area contributed by atoms with E-state index in [9.17, 15) is 0 Å². The molecule has 112 valence electrons. The van der Waals surface area contributed by atoms with Crippen molar-refractivity contribution < 1.29 is 4.74 Å². The Labute approximate surface area is 131 Å². The molecule has 0 radical (unpaired) electrons. The van der Waals surface area contributed by atoms with Gasteiger partial charge in [0.05, 0.1) is 0 Å². The Kier molecular flexibility index (Phi) is 6.03. The lowest BCUT2D eigenvalue weighted by molar-refractivity contribution is 0.301. The van der Waals surface area contributed by atoms with Gasteiger partial charge >= 0.3 is 0 Å². The van der Waals surface area contributed by atoms with Gasteiger partial charge in [-0.1, -0.05) is 24.6 Å². The number of rotatable bonds is 7. The third-order valence-electron chi connectivity index (χ3n) is 3.13. The Morgan fingerprint density at radius 3 is 2.90 bits per heavy atom. The summed E-state index contributed by atoms with van der Waals surface area (Å²) >= 11 is 6.28. The number of halogens is 1. The first-order valence-electron chi connectivity index (χ1n) is 7.22. The van der Waals surface area contributed by atoms with Crippen molar-refractivity contribution in [3.8, 4) is 5.75 Å². The maximum absolute atomic E-state index is 6.28. The number of benzene rings is 1. The number of nitrogens with zero attached hydrogens (tertiary/aromatic N) is 1. The topological polar surface area (TPSA) is 34.1 Å². The number of aryl methyl sites for hydroxylation is 1. The second-order valence-corrected chi connectivity index (χ2v) is 5.46. The summed E-state index contributed by atoms with van der Waals surface area (Å²) in [6.45, 7) is 6.34. The maximum Gasteiger partial charge on any atom is 0.125 e. The molecule has 21 heavy (non-hydrogen) atoms. The van der Waals surface area contributed by atoms with E-state index < -0.39 is 0 Å². The fourth-order valence-corrected chi connectivity index (χ4v) is 2.33. The molecule has 0 bridgehead atoms. The molecule has 2 rings (SSSR count). The van der Waals surface area contributed by atoms with Crippen LogP contribution in [0.15, 0.2) is 36.7 Å². The van der Waals surface area contributed by atoms with Crippen LogP contribution in [-0.2, 0) is 13.2 Å². The Balaban J connectivity index is 2.06. The fourth-order valence-electron chi connectivity index (χ4n) is 2.09. The molecular weight excluding hydrogens is 284 g/mol. The van der Waals surface area contributed by atoms with E-state index in [1.165, 1.54) is 0 Å². The van der Waals surface area contributed by atoms with E-state index in [0.29, 0.717) is 6.61 Å². The summed E-state index contributed by atoms with van der Waals surface area (Å²) in [6.07, 6.45) is 4.76. The van der Waals surface area contributed by atoms with Crippen molar-refractivity contribution in [3.05, 3.63) is 58.4 Å². The van der Waals surface area contributed by atoms with Crippen molar-refractivity contribution in [1.29, 1.82) is 0 Å². The lowest BCUT2D eigenvalue weighted by atomic mass is 10.2. The van der Waals surface area contributed by atoms with Crippen molar-refractivity contribution in [1.82, 2.24) is 10.3 Å². The van der Waals surface area contributed by atoms with E-state index in [1.54, 1.807) is 0 Å². The smallest absolute Gasteiger partial charge is 0.125 e. The molecule has 0 aliphatic heterocycles. The minimum atomic E-state index is 0.496. The van der Waals surface area contributed by atoms with Crippen molar-refractivity contribution in [2.45, 2.75) is 33.4 Å². The van der Waals surface area contributed by atoms with Crippen LogP contribution in [0.25, 0.3) is 0 Å². The van der Waals surface area contributed by atoms with Gasteiger partial charge in [-0.2, -0.15) is 0 Å². The molecule has 0 atom stereocenters. The normalized spacial score (nSPS) is 10.6. The van der Waals surface area contributed by atoms with Crippen LogP contribution in [0.2, 0.25) is 5.02 Å². The molecule has 0 aliphatic carbocycles. The number of hydrogen-bond donors (Lipinski definition) is 1. The lowest BCUT2D eigenvalue weighted by Crippen LogP contribution is -2.15. The van der Waals surface area contributed by atoms with Gasteiger partial charge in [-0.15, -0.1) is 0 Å². The average molecular weight is 305 g/mol. The summed E-state index contributed by atoms with van der Waals surface area (Å²) in [6, 6.07) is 7.84. The van der Waals surface area contributed by atoms with Crippen molar-refractivity contribution in [2.24, 2.45) is 0 Å². The number of nitrogens with one attached hydrogen (secondary N) is 1. The van der Waals surface area contributed by atoms with Gasteiger partial charge < -0.3 is 10.1 Å². The summed E-state index contributed by atoms with van der Waals surface area (Å²) in [5.41, 5.74) is 3.20. The number of pyridine rings is 1. The number of hydrogen-bond acceptors (Lipinski definition) is 3. The highest BCUT2D eigenvalue weighted by Gasteiger charge is 2.08. The molecule has 1 heterocycles. The highest BCUT2D eigenvalue weighted by molar-refractivity contribution is 6.31. The second kappa shape index (κ2) is 8.01. The summed E-state index contributed by atoms with van der Waals surface area (Å²) < 4.78 is 5.93. The molecule has 1 N–H and O–H groups in total. The van der Waals surface area contributed by atoms with Gasteiger partial charge in [0.25, 0.3) is 0 Å². The maximum atomic E-state index is 6.28. The van der Waals surface area contributed by atoms with Crippen LogP contribution in [0, 0.1) is 6.92 Å². The predicted molar refractivity (Wildman–Crippen MR) is 86.8 cm³/mol. The second-order valence-electron chi connectivity index (χ2n) is 5.05. The Hall–Kier alpha value is -1.58. The molecular formula is C17H21ClN2O. The molecule has 3 nitrogen and oxygen atoms in total. The predicted octanol–water partition coefficient (Wildman–Crippen LogP) is 4.12. The minimum Gasteiger partial charge on any atom is -0.488 e. The minimum absolute atomic E-state index is 0.496. The van der Waals surface area contributed by atoms with Crippen LogP contribution in [0.4, 0.5) is 0 Å². The monoisotopic (exact) mass is 304 g/mol. The van der Waals surface area contributed by atoms with E-state index in [4.69, 9.17) is 16.3 Å². The van der Waals surface area contributed by atoms with Gasteiger partial charge in [0.15, 0.2) is 0 Å². The van der Waals surface area contributed by atoms with Crippen molar-refractivity contribution in [3.63, 3.8) is 0 Å². The third kappa shape index (κ3) is 4.73. The van der Waals surface area contributed by atoms with Crippen molar-refractivity contribution >= 4 is 11.6 Å². The molecule has 1 aromatic heterocycles. The number of aromatic nitrogens is 1. The van der Waals surface area contributed by atoms with Crippen LogP contribution < -0.4 is 10.1 Å². The molecule has 0 amide bonds. The Morgan fingerprint density at radius 2 is 2.14 bits per heavy atom. The van der Waals surface area contributed by atoms with Gasteiger partial charge in [0.1, 0.15) is 12.4 Å². The van der Waals surface area contributed by atoms with Gasteiger partial charge in [0.2, 0.25) is 0 Å². The van der Waals surface area contributed by atoms with E-state index in [-0.39, 0.29) is 0 Å². The Bertz CT molecular complexity index is 587. The van der Waals surface area contributed by atoms with Crippen LogP contribution in [0.5, 0.6) is 5.75 Å². The molecule has 4 heteroatoms. The molecule has 1 aromatic carbocycles. The molecule has 0 spiro atoms. The highest BCUT2D eigenvalue weighted by atomic mass is 35.5. The first kappa shape index (κ1) is 15.8. The Morgan fingerprint density at radius 1 is 1.29 bits per heavy atom. The zero-order valence-electron chi connectivity index (χ0n) is 12.5. The quantitative estimate of drug-likeness (QED) is 0.781. The average Bonchev–Trinajstić information content (AvgIpc) is 2.47.